The van der Waals surface area contributed by atoms with Gasteiger partial charge in [0.1, 0.15) is 0 Å². The molecule has 0 spiro atoms. The highest BCUT2D eigenvalue weighted by Crippen LogP contribution is 1.99. The van der Waals surface area contributed by atoms with Gasteiger partial charge in [-0.1, -0.05) is 0 Å². The Morgan fingerprint density at radius 3 is 2.70 bits per heavy atom. The van der Waals surface area contributed by atoms with E-state index in [0.29, 0.717) is 26.1 Å². The number of nitrogens with zero attached hydrogens (tertiary/aromatic N) is 4. The van der Waals surface area contributed by atoms with Gasteiger partial charge in [-0.2, -0.15) is 5.10 Å². The van der Waals surface area contributed by atoms with Crippen molar-refractivity contribution in [3.8, 4) is 0 Å². The summed E-state index contributed by atoms with van der Waals surface area (Å²) in [6.07, 6.45) is 2.46. The number of guanidine groups is 1. The van der Waals surface area contributed by atoms with Crippen molar-refractivity contribution in [3.05, 3.63) is 18.0 Å². The summed E-state index contributed by atoms with van der Waals surface area (Å²) < 4.78 is 26.5. The molecular weight excluding hydrogens is 316 g/mol. The number of aromatic nitrogens is 2. The number of aryl methyl sites for hydroxylation is 1. The van der Waals surface area contributed by atoms with Crippen molar-refractivity contribution in [2.24, 2.45) is 12.0 Å². The van der Waals surface area contributed by atoms with Crippen LogP contribution in [-0.2, 0) is 23.6 Å². The van der Waals surface area contributed by atoms with Crippen LogP contribution in [0.3, 0.4) is 0 Å². The number of aliphatic imine (C=N–C) groups is 1. The Morgan fingerprint density at radius 1 is 1.39 bits per heavy atom. The molecule has 0 saturated heterocycles. The van der Waals surface area contributed by atoms with Gasteiger partial charge in [0.25, 0.3) is 0 Å². The molecule has 0 aliphatic rings. The molecular formula is C14H28N6O2S. The Morgan fingerprint density at radius 2 is 2.13 bits per heavy atom. The molecule has 1 rings (SSSR count). The molecule has 1 aromatic rings. The highest BCUT2D eigenvalue weighted by Gasteiger charge is 2.13. The van der Waals surface area contributed by atoms with Crippen LogP contribution in [0.5, 0.6) is 0 Å². The molecule has 132 valence electrons. The summed E-state index contributed by atoms with van der Waals surface area (Å²) in [5.41, 5.74) is 1.02. The van der Waals surface area contributed by atoms with Gasteiger partial charge in [0.05, 0.1) is 18.0 Å². The van der Waals surface area contributed by atoms with Gasteiger partial charge in [-0.05, 0) is 26.3 Å². The third kappa shape index (κ3) is 6.57. The van der Waals surface area contributed by atoms with Crippen LogP contribution in [0.2, 0.25) is 0 Å². The fourth-order valence-electron chi connectivity index (χ4n) is 1.93. The van der Waals surface area contributed by atoms with Crippen LogP contribution in [0.15, 0.2) is 17.3 Å². The maximum Gasteiger partial charge on any atom is 0.213 e. The molecule has 0 aromatic carbocycles. The lowest BCUT2D eigenvalue weighted by molar-refractivity contribution is 0.461. The first-order valence-electron chi connectivity index (χ1n) is 7.83. The first-order valence-corrected chi connectivity index (χ1v) is 9.44. The zero-order valence-electron chi connectivity index (χ0n) is 14.4. The fraction of sp³-hybridized carbons (Fsp3) is 0.714. The van der Waals surface area contributed by atoms with E-state index in [9.17, 15) is 8.42 Å². The molecule has 0 atom stereocenters. The van der Waals surface area contributed by atoms with Gasteiger partial charge in [-0.25, -0.2) is 17.7 Å². The monoisotopic (exact) mass is 344 g/mol. The highest BCUT2D eigenvalue weighted by atomic mass is 32.2. The number of hydrogen-bond donors (Lipinski definition) is 2. The van der Waals surface area contributed by atoms with Crippen molar-refractivity contribution in [1.29, 1.82) is 0 Å². The smallest absolute Gasteiger partial charge is 0.213 e. The van der Waals surface area contributed by atoms with Crippen molar-refractivity contribution < 1.29 is 8.42 Å². The van der Waals surface area contributed by atoms with Gasteiger partial charge in [0, 0.05) is 39.9 Å². The fourth-order valence-corrected chi connectivity index (χ4v) is 2.77. The van der Waals surface area contributed by atoms with E-state index in [1.165, 1.54) is 4.31 Å². The van der Waals surface area contributed by atoms with Crippen LogP contribution in [0.4, 0.5) is 0 Å². The summed E-state index contributed by atoms with van der Waals surface area (Å²) in [7, 11) is 0.392. The summed E-state index contributed by atoms with van der Waals surface area (Å²) in [6, 6.07) is 1.93. The quantitative estimate of drug-likeness (QED) is 0.378. The molecule has 1 heterocycles. The molecule has 23 heavy (non-hydrogen) atoms. The molecule has 2 N–H and O–H groups in total. The minimum Gasteiger partial charge on any atom is -0.357 e. The zero-order valence-corrected chi connectivity index (χ0v) is 15.2. The minimum atomic E-state index is -3.10. The van der Waals surface area contributed by atoms with Crippen molar-refractivity contribution in [1.82, 2.24) is 24.7 Å². The largest absolute Gasteiger partial charge is 0.357 e. The van der Waals surface area contributed by atoms with Crippen molar-refractivity contribution in [3.63, 3.8) is 0 Å². The average Bonchev–Trinajstić information content (AvgIpc) is 2.93. The summed E-state index contributed by atoms with van der Waals surface area (Å²) in [5, 5.41) is 10.5. The number of nitrogens with one attached hydrogen (secondary N) is 2. The summed E-state index contributed by atoms with van der Waals surface area (Å²) in [6.45, 7) is 6.10. The minimum absolute atomic E-state index is 0.131. The van der Waals surface area contributed by atoms with Crippen LogP contribution >= 0.6 is 0 Å². The van der Waals surface area contributed by atoms with Gasteiger partial charge in [0.15, 0.2) is 5.96 Å². The lowest BCUT2D eigenvalue weighted by Gasteiger charge is -2.16. The number of hydrogen-bond acceptors (Lipinski definition) is 4. The molecule has 9 heteroatoms. The maximum atomic E-state index is 11.7. The van der Waals surface area contributed by atoms with Gasteiger partial charge >= 0.3 is 0 Å². The molecule has 0 unspecified atom stereocenters. The second-order valence-corrected chi connectivity index (χ2v) is 7.51. The van der Waals surface area contributed by atoms with E-state index in [-0.39, 0.29) is 5.75 Å². The van der Waals surface area contributed by atoms with Crippen LogP contribution in [-0.4, -0.2) is 60.9 Å². The summed E-state index contributed by atoms with van der Waals surface area (Å²) in [4.78, 5) is 4.50. The van der Waals surface area contributed by atoms with Crippen LogP contribution < -0.4 is 10.6 Å². The van der Waals surface area contributed by atoms with Crippen molar-refractivity contribution in [2.75, 3.05) is 32.4 Å². The van der Waals surface area contributed by atoms with E-state index < -0.39 is 10.0 Å². The predicted molar refractivity (Wildman–Crippen MR) is 92.7 cm³/mol. The number of sulfonamides is 1. The molecule has 8 nitrogen and oxygen atoms in total. The molecule has 0 aliphatic carbocycles. The summed E-state index contributed by atoms with van der Waals surface area (Å²) in [5.74, 6) is 0.848. The predicted octanol–water partition coefficient (Wildman–Crippen LogP) is 0.147. The first kappa shape index (κ1) is 19.4. The Kier molecular flexibility index (Phi) is 8.04. The summed E-state index contributed by atoms with van der Waals surface area (Å²) >= 11 is 0. The highest BCUT2D eigenvalue weighted by molar-refractivity contribution is 7.89. The van der Waals surface area contributed by atoms with Crippen LogP contribution in [0.1, 0.15) is 26.0 Å². The van der Waals surface area contributed by atoms with Crippen LogP contribution in [0, 0.1) is 0 Å². The Hall–Kier alpha value is -1.61. The normalized spacial score (nSPS) is 12.7. The molecule has 0 radical (unpaired) electrons. The van der Waals surface area contributed by atoms with E-state index in [1.54, 1.807) is 24.9 Å². The van der Waals surface area contributed by atoms with E-state index in [2.05, 4.69) is 20.7 Å². The van der Waals surface area contributed by atoms with Crippen LogP contribution in [0.25, 0.3) is 0 Å². The standard InChI is InChI=1S/C14H28N6O2S/c1-5-15-14(17-12-13-8-10-18-20(13)4)16-9-7-11-19(3)23(21,22)6-2/h8,10H,5-7,9,11-12H2,1-4H3,(H2,15,16,17). The first-order chi connectivity index (χ1) is 10.9. The maximum absolute atomic E-state index is 11.7. The van der Waals surface area contributed by atoms with Gasteiger partial charge in [-0.15, -0.1) is 0 Å². The topological polar surface area (TPSA) is 91.6 Å². The zero-order chi connectivity index (χ0) is 17.3. The second-order valence-electron chi connectivity index (χ2n) is 5.14. The van der Waals surface area contributed by atoms with E-state index >= 15 is 0 Å². The van der Waals surface area contributed by atoms with Gasteiger partial charge in [-0.3, -0.25) is 4.68 Å². The third-order valence-electron chi connectivity index (χ3n) is 3.45. The van der Waals surface area contributed by atoms with Crippen molar-refractivity contribution in [2.45, 2.75) is 26.8 Å². The van der Waals surface area contributed by atoms with E-state index in [4.69, 9.17) is 0 Å². The third-order valence-corrected chi connectivity index (χ3v) is 5.31. The average molecular weight is 344 g/mol. The molecule has 0 aliphatic heterocycles. The molecule has 0 amide bonds. The van der Waals surface area contributed by atoms with Crippen molar-refractivity contribution >= 4 is 16.0 Å². The molecule has 0 saturated carbocycles. The SMILES string of the molecule is CCNC(=NCc1ccnn1C)NCCCN(C)S(=O)(=O)CC. The molecule has 0 bridgehead atoms. The Bertz CT molecular complexity index is 596. The second kappa shape index (κ2) is 9.51. The Labute approximate surface area is 139 Å². The molecule has 0 fully saturated rings. The Balaban J connectivity index is 2.43. The van der Waals surface area contributed by atoms with E-state index in [1.807, 2.05) is 20.0 Å². The lowest BCUT2D eigenvalue weighted by atomic mass is 10.4. The van der Waals surface area contributed by atoms with E-state index in [0.717, 1.165) is 18.2 Å². The van der Waals surface area contributed by atoms with Gasteiger partial charge in [0.2, 0.25) is 10.0 Å². The lowest BCUT2D eigenvalue weighted by Crippen LogP contribution is -2.39. The number of rotatable bonds is 9. The van der Waals surface area contributed by atoms with Gasteiger partial charge < -0.3 is 10.6 Å². The molecule has 1 aromatic heterocycles.